The van der Waals surface area contributed by atoms with Gasteiger partial charge in [-0.3, -0.25) is 14.5 Å². The maximum Gasteiger partial charge on any atom is 0.261 e. The summed E-state index contributed by atoms with van der Waals surface area (Å²) in [5.41, 5.74) is 0.768. The number of ether oxygens (including phenoxy) is 5. The minimum atomic E-state index is -1.31. The molecule has 3 saturated heterocycles. The molecule has 1 aromatic carbocycles. The molecule has 5 rings (SSSR count). The molecule has 8 nitrogen and oxygen atoms in total. The van der Waals surface area contributed by atoms with E-state index in [-0.39, 0.29) is 18.4 Å². The molecule has 0 saturated carbocycles. The molecule has 0 bridgehead atoms. The molecule has 3 fully saturated rings. The van der Waals surface area contributed by atoms with Crippen LogP contribution in [0.4, 0.5) is 0 Å². The highest BCUT2D eigenvalue weighted by Crippen LogP contribution is 2.49. The highest BCUT2D eigenvalue weighted by atomic mass is 16.9. The van der Waals surface area contributed by atoms with Crippen molar-refractivity contribution in [1.82, 2.24) is 4.90 Å². The molecule has 0 aromatic heterocycles. The minimum Gasteiger partial charge on any atom is -0.348 e. The molecular weight excluding hydrogens is 366 g/mol. The molecule has 0 radical (unpaired) electrons. The summed E-state index contributed by atoms with van der Waals surface area (Å²) in [6.07, 6.45) is -1.44. The van der Waals surface area contributed by atoms with E-state index in [4.69, 9.17) is 23.7 Å². The predicted molar refractivity (Wildman–Crippen MR) is 94.4 cm³/mol. The lowest BCUT2D eigenvalue weighted by Crippen LogP contribution is -2.53. The monoisotopic (exact) mass is 389 g/mol. The average Bonchev–Trinajstić information content (AvgIpc) is 3.13. The van der Waals surface area contributed by atoms with Crippen LogP contribution in [0.2, 0.25) is 0 Å². The van der Waals surface area contributed by atoms with Gasteiger partial charge in [0.25, 0.3) is 11.8 Å². The molecule has 4 heterocycles. The van der Waals surface area contributed by atoms with Crippen molar-refractivity contribution < 1.29 is 33.3 Å². The number of amides is 2. The van der Waals surface area contributed by atoms with E-state index in [1.807, 2.05) is 13.8 Å². The van der Waals surface area contributed by atoms with Crippen LogP contribution < -0.4 is 0 Å². The molecule has 4 atom stereocenters. The van der Waals surface area contributed by atoms with Crippen LogP contribution >= 0.6 is 0 Å². The summed E-state index contributed by atoms with van der Waals surface area (Å²) >= 11 is 0. The Morgan fingerprint density at radius 3 is 2.25 bits per heavy atom. The maximum atomic E-state index is 12.9. The number of hydrogen-bond donors (Lipinski definition) is 0. The van der Waals surface area contributed by atoms with E-state index in [0.717, 1.165) is 0 Å². The molecule has 4 aliphatic heterocycles. The molecule has 0 unspecified atom stereocenters. The Hall–Kier alpha value is -1.84. The fourth-order valence-corrected chi connectivity index (χ4v) is 4.49. The Labute approximate surface area is 162 Å². The Kier molecular flexibility index (Phi) is 3.65. The summed E-state index contributed by atoms with van der Waals surface area (Å²) in [6.45, 7) is 7.44. The van der Waals surface area contributed by atoms with Crippen LogP contribution in [0.25, 0.3) is 0 Å². The molecule has 0 aliphatic carbocycles. The SMILES string of the molecule is CC1(C)OC[C@@H]2O[C@@]3(CN4C(=O)c5ccccc5C4=O)OC(C)(C)O[C@H]3[C@@H]2O1. The van der Waals surface area contributed by atoms with Crippen LogP contribution in [0.5, 0.6) is 0 Å². The van der Waals surface area contributed by atoms with Crippen LogP contribution in [0, 0.1) is 0 Å². The van der Waals surface area contributed by atoms with Gasteiger partial charge in [-0.15, -0.1) is 0 Å². The second-order valence-electron chi connectivity index (χ2n) is 8.54. The van der Waals surface area contributed by atoms with Crippen molar-refractivity contribution in [3.05, 3.63) is 35.4 Å². The Balaban J connectivity index is 1.48. The van der Waals surface area contributed by atoms with E-state index >= 15 is 0 Å². The number of hydrogen-bond acceptors (Lipinski definition) is 7. The largest absolute Gasteiger partial charge is 0.348 e. The van der Waals surface area contributed by atoms with Gasteiger partial charge in [0, 0.05) is 0 Å². The van der Waals surface area contributed by atoms with Crippen LogP contribution in [0.15, 0.2) is 24.3 Å². The van der Waals surface area contributed by atoms with Gasteiger partial charge in [0.2, 0.25) is 5.79 Å². The quantitative estimate of drug-likeness (QED) is 0.712. The first-order chi connectivity index (χ1) is 13.1. The first-order valence-electron chi connectivity index (χ1n) is 9.44. The second kappa shape index (κ2) is 5.61. The standard InChI is InChI=1S/C20H23NO7/c1-18(2)24-9-13-14(26-18)15-20(25-13,28-19(3,4)27-15)10-21-16(22)11-7-5-6-8-12(11)17(21)23/h5-8,13-15H,9-10H2,1-4H3/t13-,14+,15-,20-/m0/s1. The number of carbonyl (C=O) groups is 2. The summed E-state index contributed by atoms with van der Waals surface area (Å²) in [5.74, 6) is -3.77. The molecule has 2 amide bonds. The molecule has 150 valence electrons. The van der Waals surface area contributed by atoms with Crippen molar-refractivity contribution in [3.63, 3.8) is 0 Å². The van der Waals surface area contributed by atoms with E-state index in [0.29, 0.717) is 17.7 Å². The number of rotatable bonds is 2. The summed E-state index contributed by atoms with van der Waals surface area (Å²) in [7, 11) is 0. The molecule has 4 aliphatic rings. The molecule has 1 aromatic rings. The number of imide groups is 1. The first kappa shape index (κ1) is 18.2. The number of benzene rings is 1. The van der Waals surface area contributed by atoms with Gasteiger partial charge in [-0.25, -0.2) is 0 Å². The zero-order valence-electron chi connectivity index (χ0n) is 16.3. The van der Waals surface area contributed by atoms with Gasteiger partial charge in [0.15, 0.2) is 11.6 Å². The molecule has 0 N–H and O–H groups in total. The van der Waals surface area contributed by atoms with E-state index in [9.17, 15) is 9.59 Å². The lowest BCUT2D eigenvalue weighted by molar-refractivity contribution is -0.328. The lowest BCUT2D eigenvalue weighted by Gasteiger charge is -2.38. The first-order valence-corrected chi connectivity index (χ1v) is 9.44. The molecule has 28 heavy (non-hydrogen) atoms. The zero-order valence-corrected chi connectivity index (χ0v) is 16.3. The van der Waals surface area contributed by atoms with Gasteiger partial charge in [-0.05, 0) is 39.8 Å². The Morgan fingerprint density at radius 1 is 0.964 bits per heavy atom. The summed E-state index contributed by atoms with van der Waals surface area (Å²) in [4.78, 5) is 26.9. The molecule has 0 spiro atoms. The summed E-state index contributed by atoms with van der Waals surface area (Å²) in [6, 6.07) is 6.77. The minimum absolute atomic E-state index is 0.0791. The van der Waals surface area contributed by atoms with Crippen LogP contribution in [-0.4, -0.2) is 65.5 Å². The third-order valence-corrected chi connectivity index (χ3v) is 5.55. The Bertz CT molecular complexity index is 831. The van der Waals surface area contributed by atoms with E-state index < -0.39 is 35.7 Å². The van der Waals surface area contributed by atoms with Crippen molar-refractivity contribution in [2.75, 3.05) is 13.2 Å². The van der Waals surface area contributed by atoms with Crippen LogP contribution in [-0.2, 0) is 23.7 Å². The third kappa shape index (κ3) is 2.56. The van der Waals surface area contributed by atoms with Crippen LogP contribution in [0.1, 0.15) is 48.4 Å². The maximum absolute atomic E-state index is 12.9. The van der Waals surface area contributed by atoms with Crippen molar-refractivity contribution >= 4 is 11.8 Å². The number of carbonyl (C=O) groups excluding carboxylic acids is 2. The summed E-state index contributed by atoms with van der Waals surface area (Å²) < 4.78 is 30.3. The fourth-order valence-electron chi connectivity index (χ4n) is 4.49. The number of fused-ring (bicyclic) bond motifs is 4. The van der Waals surface area contributed by atoms with Crippen LogP contribution in [0.3, 0.4) is 0 Å². The average molecular weight is 389 g/mol. The van der Waals surface area contributed by atoms with Crippen molar-refractivity contribution in [3.8, 4) is 0 Å². The van der Waals surface area contributed by atoms with E-state index in [1.54, 1.807) is 38.1 Å². The van der Waals surface area contributed by atoms with Gasteiger partial charge >= 0.3 is 0 Å². The molecule has 8 heteroatoms. The smallest absolute Gasteiger partial charge is 0.261 e. The number of nitrogens with zero attached hydrogens (tertiary/aromatic N) is 1. The topological polar surface area (TPSA) is 83.5 Å². The second-order valence-corrected chi connectivity index (χ2v) is 8.54. The highest BCUT2D eigenvalue weighted by Gasteiger charge is 2.68. The normalized spacial score (nSPS) is 37.7. The van der Waals surface area contributed by atoms with Crippen molar-refractivity contribution in [1.29, 1.82) is 0 Å². The van der Waals surface area contributed by atoms with Gasteiger partial charge < -0.3 is 23.7 Å². The van der Waals surface area contributed by atoms with Gasteiger partial charge in [-0.1, -0.05) is 12.1 Å². The summed E-state index contributed by atoms with van der Waals surface area (Å²) in [5, 5.41) is 0. The van der Waals surface area contributed by atoms with Crippen molar-refractivity contribution in [2.24, 2.45) is 0 Å². The van der Waals surface area contributed by atoms with E-state index in [2.05, 4.69) is 0 Å². The van der Waals surface area contributed by atoms with Gasteiger partial charge in [0.1, 0.15) is 18.3 Å². The third-order valence-electron chi connectivity index (χ3n) is 5.55. The predicted octanol–water partition coefficient (Wildman–Crippen LogP) is 1.68. The van der Waals surface area contributed by atoms with E-state index in [1.165, 1.54) is 4.90 Å². The van der Waals surface area contributed by atoms with Crippen molar-refractivity contribution in [2.45, 2.75) is 63.4 Å². The fraction of sp³-hybridized carbons (Fsp3) is 0.600. The highest BCUT2D eigenvalue weighted by molar-refractivity contribution is 6.21. The molecular formula is C20H23NO7. The zero-order chi connectivity index (χ0) is 19.9. The lowest BCUT2D eigenvalue weighted by atomic mass is 10.0. The van der Waals surface area contributed by atoms with Gasteiger partial charge in [0.05, 0.1) is 24.3 Å². The Morgan fingerprint density at radius 2 is 1.61 bits per heavy atom. The van der Waals surface area contributed by atoms with Gasteiger partial charge in [-0.2, -0.15) is 0 Å².